The minimum Gasteiger partial charge on any atom is -0.354 e. The summed E-state index contributed by atoms with van der Waals surface area (Å²) in [6.45, 7) is 0.578. The molecule has 0 fully saturated rings. The van der Waals surface area contributed by atoms with Gasteiger partial charge in [0.05, 0.1) is 0 Å². The van der Waals surface area contributed by atoms with Gasteiger partial charge in [0, 0.05) is 19.2 Å². The average molecular weight is 216 g/mol. The van der Waals surface area contributed by atoms with Crippen LogP contribution in [-0.4, -0.2) is 26.7 Å². The van der Waals surface area contributed by atoms with E-state index in [-0.39, 0.29) is 0 Å². The van der Waals surface area contributed by atoms with E-state index >= 15 is 0 Å². The molecule has 2 aromatic heterocycles. The second kappa shape index (κ2) is 4.84. The standard InChI is InChI=1S/C9H8N6O/c10-5-7-1-3-11-9(14-7)12-4-2-8-13-6-16-15-8/h1,3,6H,2,4H2,(H,11,12,14). The van der Waals surface area contributed by atoms with Crippen molar-refractivity contribution in [2.24, 2.45) is 0 Å². The van der Waals surface area contributed by atoms with E-state index in [0.29, 0.717) is 30.4 Å². The Balaban J connectivity index is 1.88. The third-order valence-corrected chi connectivity index (χ3v) is 1.81. The molecule has 0 spiro atoms. The van der Waals surface area contributed by atoms with Gasteiger partial charge in [-0.15, -0.1) is 0 Å². The fourth-order valence-corrected chi connectivity index (χ4v) is 1.09. The van der Waals surface area contributed by atoms with Crippen molar-refractivity contribution in [2.75, 3.05) is 11.9 Å². The van der Waals surface area contributed by atoms with Gasteiger partial charge in [-0.2, -0.15) is 10.2 Å². The second-order valence-electron chi connectivity index (χ2n) is 2.90. The van der Waals surface area contributed by atoms with Crippen LogP contribution in [-0.2, 0) is 6.42 Å². The molecule has 2 heterocycles. The summed E-state index contributed by atoms with van der Waals surface area (Å²) in [4.78, 5) is 11.8. The Morgan fingerprint density at radius 2 is 2.38 bits per heavy atom. The van der Waals surface area contributed by atoms with Gasteiger partial charge in [0.1, 0.15) is 11.8 Å². The maximum atomic E-state index is 8.64. The maximum Gasteiger partial charge on any atom is 0.223 e. The van der Waals surface area contributed by atoms with Crippen molar-refractivity contribution < 1.29 is 4.52 Å². The molecule has 16 heavy (non-hydrogen) atoms. The first kappa shape index (κ1) is 10.0. The Kier molecular flexibility index (Phi) is 3.04. The zero-order valence-corrected chi connectivity index (χ0v) is 8.29. The average Bonchev–Trinajstić information content (AvgIpc) is 2.82. The van der Waals surface area contributed by atoms with Crippen molar-refractivity contribution in [3.05, 3.63) is 30.2 Å². The summed E-state index contributed by atoms with van der Waals surface area (Å²) in [6.07, 6.45) is 3.42. The fraction of sp³-hybridized carbons (Fsp3) is 0.222. The molecule has 7 heteroatoms. The van der Waals surface area contributed by atoms with E-state index in [4.69, 9.17) is 5.26 Å². The maximum absolute atomic E-state index is 8.64. The van der Waals surface area contributed by atoms with E-state index in [1.165, 1.54) is 12.6 Å². The summed E-state index contributed by atoms with van der Waals surface area (Å²) in [6, 6.07) is 3.49. The Morgan fingerprint density at radius 1 is 1.44 bits per heavy atom. The molecule has 0 atom stereocenters. The molecule has 0 radical (unpaired) electrons. The monoisotopic (exact) mass is 216 g/mol. The SMILES string of the molecule is N#Cc1ccnc(NCCc2ncon2)n1. The predicted octanol–water partition coefficient (Wildman–Crippen LogP) is 0.386. The number of hydrogen-bond donors (Lipinski definition) is 1. The van der Waals surface area contributed by atoms with Crippen LogP contribution in [0, 0.1) is 11.3 Å². The van der Waals surface area contributed by atoms with Crippen LogP contribution in [0.25, 0.3) is 0 Å². The van der Waals surface area contributed by atoms with E-state index < -0.39 is 0 Å². The number of nitrogens with zero attached hydrogens (tertiary/aromatic N) is 5. The Labute approximate surface area is 91.2 Å². The van der Waals surface area contributed by atoms with Crippen LogP contribution < -0.4 is 5.32 Å². The van der Waals surface area contributed by atoms with Crippen LogP contribution in [0.3, 0.4) is 0 Å². The van der Waals surface area contributed by atoms with E-state index in [2.05, 4.69) is 29.9 Å². The van der Waals surface area contributed by atoms with E-state index in [1.807, 2.05) is 6.07 Å². The summed E-state index contributed by atoms with van der Waals surface area (Å²) in [5.74, 6) is 1.03. The molecule has 0 amide bonds. The summed E-state index contributed by atoms with van der Waals surface area (Å²) in [7, 11) is 0. The first-order chi connectivity index (χ1) is 7.88. The van der Waals surface area contributed by atoms with Crippen LogP contribution in [0.5, 0.6) is 0 Å². The molecule has 0 unspecified atom stereocenters. The molecule has 2 aromatic rings. The van der Waals surface area contributed by atoms with Crippen molar-refractivity contribution in [3.8, 4) is 6.07 Å². The Bertz CT molecular complexity index is 489. The molecule has 1 N–H and O–H groups in total. The van der Waals surface area contributed by atoms with Crippen molar-refractivity contribution in [1.29, 1.82) is 5.26 Å². The van der Waals surface area contributed by atoms with E-state index in [9.17, 15) is 0 Å². The highest BCUT2D eigenvalue weighted by molar-refractivity contribution is 5.29. The highest BCUT2D eigenvalue weighted by atomic mass is 16.5. The van der Waals surface area contributed by atoms with Crippen LogP contribution in [0.15, 0.2) is 23.2 Å². The van der Waals surface area contributed by atoms with Gasteiger partial charge in [0.25, 0.3) is 0 Å². The van der Waals surface area contributed by atoms with Gasteiger partial charge in [0.15, 0.2) is 5.82 Å². The number of anilines is 1. The first-order valence-electron chi connectivity index (χ1n) is 4.61. The molecular weight excluding hydrogens is 208 g/mol. The highest BCUT2D eigenvalue weighted by Gasteiger charge is 2.00. The summed E-state index contributed by atoms with van der Waals surface area (Å²) >= 11 is 0. The van der Waals surface area contributed by atoms with Crippen molar-refractivity contribution in [1.82, 2.24) is 20.1 Å². The third-order valence-electron chi connectivity index (χ3n) is 1.81. The van der Waals surface area contributed by atoms with Crippen molar-refractivity contribution in [2.45, 2.75) is 6.42 Å². The molecule has 0 aliphatic heterocycles. The molecule has 0 saturated heterocycles. The van der Waals surface area contributed by atoms with Crippen molar-refractivity contribution >= 4 is 5.95 Å². The summed E-state index contributed by atoms with van der Waals surface area (Å²) in [5, 5.41) is 15.3. The van der Waals surface area contributed by atoms with Crippen LogP contribution in [0.2, 0.25) is 0 Å². The molecule has 80 valence electrons. The molecule has 0 bridgehead atoms. The minimum absolute atomic E-state index is 0.331. The fourth-order valence-electron chi connectivity index (χ4n) is 1.09. The van der Waals surface area contributed by atoms with Crippen LogP contribution >= 0.6 is 0 Å². The molecule has 0 aromatic carbocycles. The quantitative estimate of drug-likeness (QED) is 0.788. The number of aromatic nitrogens is 4. The lowest BCUT2D eigenvalue weighted by Crippen LogP contribution is -2.09. The van der Waals surface area contributed by atoms with E-state index in [0.717, 1.165) is 0 Å². The smallest absolute Gasteiger partial charge is 0.223 e. The minimum atomic E-state index is 0.331. The Morgan fingerprint density at radius 3 is 3.12 bits per heavy atom. The molecule has 0 saturated carbocycles. The lowest BCUT2D eigenvalue weighted by atomic mass is 10.4. The normalized spacial score (nSPS) is 9.69. The van der Waals surface area contributed by atoms with Crippen LogP contribution in [0.4, 0.5) is 5.95 Å². The largest absolute Gasteiger partial charge is 0.354 e. The highest BCUT2D eigenvalue weighted by Crippen LogP contribution is 1.99. The number of hydrogen-bond acceptors (Lipinski definition) is 7. The van der Waals surface area contributed by atoms with Gasteiger partial charge in [0.2, 0.25) is 12.3 Å². The first-order valence-corrected chi connectivity index (χ1v) is 4.61. The van der Waals surface area contributed by atoms with E-state index in [1.54, 1.807) is 6.07 Å². The lowest BCUT2D eigenvalue weighted by Gasteiger charge is -2.01. The van der Waals surface area contributed by atoms with Gasteiger partial charge in [-0.25, -0.2) is 9.97 Å². The van der Waals surface area contributed by atoms with Gasteiger partial charge >= 0.3 is 0 Å². The third kappa shape index (κ3) is 2.51. The summed E-state index contributed by atoms with van der Waals surface area (Å²) in [5.41, 5.74) is 0.331. The van der Waals surface area contributed by atoms with Gasteiger partial charge in [-0.3, -0.25) is 0 Å². The van der Waals surface area contributed by atoms with Gasteiger partial charge < -0.3 is 9.84 Å². The van der Waals surface area contributed by atoms with Gasteiger partial charge in [-0.1, -0.05) is 5.16 Å². The zero-order chi connectivity index (χ0) is 11.2. The van der Waals surface area contributed by atoms with Crippen LogP contribution in [0.1, 0.15) is 11.5 Å². The second-order valence-corrected chi connectivity index (χ2v) is 2.90. The number of nitriles is 1. The topological polar surface area (TPSA) is 101 Å². The zero-order valence-electron chi connectivity index (χ0n) is 8.29. The van der Waals surface area contributed by atoms with Gasteiger partial charge in [-0.05, 0) is 6.07 Å². The molecule has 0 aliphatic rings. The summed E-state index contributed by atoms with van der Waals surface area (Å²) < 4.78 is 4.59. The number of rotatable bonds is 4. The lowest BCUT2D eigenvalue weighted by molar-refractivity contribution is 0.410. The van der Waals surface area contributed by atoms with Crippen molar-refractivity contribution in [3.63, 3.8) is 0 Å². The molecule has 2 rings (SSSR count). The molecular formula is C9H8N6O. The predicted molar refractivity (Wildman–Crippen MR) is 53.2 cm³/mol. The Hall–Kier alpha value is -2.49. The molecule has 0 aliphatic carbocycles. The molecule has 7 nitrogen and oxygen atoms in total. The number of nitrogens with one attached hydrogen (secondary N) is 1.